The molecule has 11 heavy (non-hydrogen) atoms. The van der Waals surface area contributed by atoms with Crippen LogP contribution >= 0.6 is 0 Å². The van der Waals surface area contributed by atoms with Crippen LogP contribution in [0.1, 0.15) is 20.3 Å². The summed E-state index contributed by atoms with van der Waals surface area (Å²) >= 11 is 0. The first-order valence-corrected chi connectivity index (χ1v) is 3.75. The van der Waals surface area contributed by atoms with Gasteiger partial charge in [0, 0.05) is 19.7 Å². The van der Waals surface area contributed by atoms with Crippen molar-refractivity contribution in [3.8, 4) is 0 Å². The number of hydrazine groups is 1. The molecule has 3 heteroatoms. The van der Waals surface area contributed by atoms with Crippen LogP contribution in [0.3, 0.4) is 0 Å². The summed E-state index contributed by atoms with van der Waals surface area (Å²) in [4.78, 5) is 11.2. The maximum absolute atomic E-state index is 11.2. The minimum Gasteiger partial charge on any atom is -0.286 e. The number of allylic oxidation sites excluding steroid dienone is 1. The van der Waals surface area contributed by atoms with E-state index in [4.69, 9.17) is 0 Å². The van der Waals surface area contributed by atoms with Gasteiger partial charge < -0.3 is 0 Å². The fourth-order valence-corrected chi connectivity index (χ4v) is 0.771. The Morgan fingerprint density at radius 3 is 2.36 bits per heavy atom. The van der Waals surface area contributed by atoms with Crippen molar-refractivity contribution in [2.24, 2.45) is 0 Å². The van der Waals surface area contributed by atoms with Crippen molar-refractivity contribution < 1.29 is 4.79 Å². The predicted molar refractivity (Wildman–Crippen MR) is 45.9 cm³/mol. The summed E-state index contributed by atoms with van der Waals surface area (Å²) in [6, 6.07) is 0. The molecule has 0 aromatic heterocycles. The van der Waals surface area contributed by atoms with Crippen molar-refractivity contribution >= 4 is 5.91 Å². The van der Waals surface area contributed by atoms with E-state index in [0.717, 1.165) is 12.0 Å². The lowest BCUT2D eigenvalue weighted by molar-refractivity contribution is -0.121. The van der Waals surface area contributed by atoms with Crippen molar-refractivity contribution in [2.75, 3.05) is 14.1 Å². The van der Waals surface area contributed by atoms with Crippen LogP contribution in [-0.2, 0) is 4.79 Å². The molecule has 1 amide bonds. The third kappa shape index (κ3) is 3.78. The summed E-state index contributed by atoms with van der Waals surface area (Å²) in [5.74, 6) is -0.0139. The van der Waals surface area contributed by atoms with Gasteiger partial charge in [0.25, 0.3) is 5.91 Å². The molecule has 0 aliphatic carbocycles. The van der Waals surface area contributed by atoms with Gasteiger partial charge in [-0.15, -0.1) is 0 Å². The fraction of sp³-hybridized carbons (Fsp3) is 0.625. The molecule has 0 radical (unpaired) electrons. The summed E-state index contributed by atoms with van der Waals surface area (Å²) < 4.78 is 0. The Morgan fingerprint density at radius 2 is 2.09 bits per heavy atom. The molecule has 1 N–H and O–H groups in total. The van der Waals surface area contributed by atoms with Crippen molar-refractivity contribution in [1.82, 2.24) is 10.4 Å². The molecule has 0 spiro atoms. The number of rotatable bonds is 3. The van der Waals surface area contributed by atoms with Crippen LogP contribution in [0.15, 0.2) is 11.6 Å². The van der Waals surface area contributed by atoms with E-state index in [1.807, 2.05) is 19.9 Å². The highest BCUT2D eigenvalue weighted by atomic mass is 16.2. The van der Waals surface area contributed by atoms with Gasteiger partial charge in [-0.2, -0.15) is 0 Å². The van der Waals surface area contributed by atoms with Gasteiger partial charge >= 0.3 is 0 Å². The van der Waals surface area contributed by atoms with E-state index in [2.05, 4.69) is 5.43 Å². The number of nitrogens with one attached hydrogen (secondary N) is 1. The Bertz CT molecular complexity index is 161. The summed E-state index contributed by atoms with van der Waals surface area (Å²) in [6.45, 7) is 3.83. The van der Waals surface area contributed by atoms with Crippen molar-refractivity contribution in [3.63, 3.8) is 0 Å². The first kappa shape index (κ1) is 10.2. The van der Waals surface area contributed by atoms with Gasteiger partial charge in [0.1, 0.15) is 0 Å². The van der Waals surface area contributed by atoms with E-state index in [9.17, 15) is 4.79 Å². The highest BCUT2D eigenvalue weighted by molar-refractivity contribution is 5.92. The van der Waals surface area contributed by atoms with Crippen molar-refractivity contribution in [1.29, 1.82) is 0 Å². The Kier molecular flexibility index (Phi) is 4.54. The molecule has 0 aromatic rings. The smallest absolute Gasteiger partial charge is 0.261 e. The quantitative estimate of drug-likeness (QED) is 0.487. The number of hydrogen-bond acceptors (Lipinski definition) is 2. The van der Waals surface area contributed by atoms with E-state index in [1.165, 1.54) is 0 Å². The van der Waals surface area contributed by atoms with Crippen molar-refractivity contribution in [2.45, 2.75) is 20.3 Å². The lowest BCUT2D eigenvalue weighted by Gasteiger charge is -2.12. The third-order valence-corrected chi connectivity index (χ3v) is 1.35. The predicted octanol–water partition coefficient (Wildman–Crippen LogP) is 0.935. The zero-order valence-electron chi connectivity index (χ0n) is 7.64. The second kappa shape index (κ2) is 4.91. The van der Waals surface area contributed by atoms with Gasteiger partial charge in [0.2, 0.25) is 0 Å². The summed E-state index contributed by atoms with van der Waals surface area (Å²) in [5.41, 5.74) is 3.49. The average Bonchev–Trinajstić information content (AvgIpc) is 1.88. The Hall–Kier alpha value is -0.830. The van der Waals surface area contributed by atoms with Gasteiger partial charge in [0.05, 0.1) is 0 Å². The van der Waals surface area contributed by atoms with Crippen LogP contribution in [-0.4, -0.2) is 25.0 Å². The fourth-order valence-electron chi connectivity index (χ4n) is 0.771. The number of carbonyl (C=O) groups excluding carboxylic acids is 1. The second-order valence-corrected chi connectivity index (χ2v) is 2.50. The molecule has 0 fully saturated rings. The topological polar surface area (TPSA) is 32.3 Å². The van der Waals surface area contributed by atoms with Gasteiger partial charge in [-0.1, -0.05) is 13.0 Å². The first-order chi connectivity index (χ1) is 5.11. The van der Waals surface area contributed by atoms with Crippen molar-refractivity contribution in [3.05, 3.63) is 11.6 Å². The molecule has 64 valence electrons. The number of nitrogens with zero attached hydrogens (tertiary/aromatic N) is 1. The molecular weight excluding hydrogens is 140 g/mol. The zero-order chi connectivity index (χ0) is 8.85. The van der Waals surface area contributed by atoms with E-state index in [0.29, 0.717) is 0 Å². The number of amides is 1. The molecule has 0 bridgehead atoms. The van der Waals surface area contributed by atoms with E-state index in [1.54, 1.807) is 19.1 Å². The lowest BCUT2D eigenvalue weighted by Crippen LogP contribution is -2.36. The Labute approximate surface area is 68.0 Å². The van der Waals surface area contributed by atoms with Crippen LogP contribution in [0.25, 0.3) is 0 Å². The summed E-state index contributed by atoms with van der Waals surface area (Å²) in [7, 11) is 3.58. The molecule has 0 rings (SSSR count). The molecule has 0 saturated carbocycles. The zero-order valence-corrected chi connectivity index (χ0v) is 7.64. The maximum Gasteiger partial charge on any atom is 0.261 e. The van der Waals surface area contributed by atoms with E-state index in [-0.39, 0.29) is 5.91 Å². The highest BCUT2D eigenvalue weighted by Crippen LogP contribution is 1.98. The summed E-state index contributed by atoms with van der Waals surface area (Å²) in [6.07, 6.45) is 2.61. The van der Waals surface area contributed by atoms with E-state index >= 15 is 0 Å². The Morgan fingerprint density at radius 1 is 1.55 bits per heavy atom. The SMILES string of the molecule is CC=C(CC)C(=O)NN(C)C. The standard InChI is InChI=1S/C8H16N2O/c1-5-7(6-2)8(11)9-10(3)4/h5H,6H2,1-4H3,(H,9,11). The monoisotopic (exact) mass is 156 g/mol. The number of hydrogen-bond donors (Lipinski definition) is 1. The van der Waals surface area contributed by atoms with Crippen LogP contribution < -0.4 is 5.43 Å². The normalized spacial score (nSPS) is 11.9. The summed E-state index contributed by atoms with van der Waals surface area (Å²) in [5, 5.41) is 1.64. The van der Waals surface area contributed by atoms with Gasteiger partial charge in [0.15, 0.2) is 0 Å². The number of carbonyl (C=O) groups is 1. The van der Waals surface area contributed by atoms with Crippen LogP contribution in [0.5, 0.6) is 0 Å². The van der Waals surface area contributed by atoms with Gasteiger partial charge in [-0.3, -0.25) is 10.2 Å². The molecule has 0 atom stereocenters. The lowest BCUT2D eigenvalue weighted by atomic mass is 10.2. The van der Waals surface area contributed by atoms with E-state index < -0.39 is 0 Å². The Balaban J connectivity index is 4.02. The molecule has 0 aromatic carbocycles. The molecule has 0 aliphatic heterocycles. The first-order valence-electron chi connectivity index (χ1n) is 3.75. The largest absolute Gasteiger partial charge is 0.286 e. The molecule has 3 nitrogen and oxygen atoms in total. The third-order valence-electron chi connectivity index (χ3n) is 1.35. The van der Waals surface area contributed by atoms with Crippen LogP contribution in [0, 0.1) is 0 Å². The highest BCUT2D eigenvalue weighted by Gasteiger charge is 2.05. The molecule has 0 aliphatic rings. The average molecular weight is 156 g/mol. The minimum atomic E-state index is -0.0139. The van der Waals surface area contributed by atoms with Gasteiger partial charge in [-0.05, 0) is 13.3 Å². The molecule has 0 saturated heterocycles. The second-order valence-electron chi connectivity index (χ2n) is 2.50. The molecule has 0 unspecified atom stereocenters. The van der Waals surface area contributed by atoms with Gasteiger partial charge in [-0.25, -0.2) is 5.01 Å². The van der Waals surface area contributed by atoms with Crippen LogP contribution in [0.4, 0.5) is 0 Å². The molecule has 0 heterocycles. The minimum absolute atomic E-state index is 0.0139. The van der Waals surface area contributed by atoms with Crippen LogP contribution in [0.2, 0.25) is 0 Å². The maximum atomic E-state index is 11.2. The molecular formula is C8H16N2O.